The Morgan fingerprint density at radius 1 is 0.750 bits per heavy atom. The second-order valence-electron chi connectivity index (χ2n) is 10.3. The SMILES string of the molecule is CCC[Si]1(c2ccccc2)CCC(C2CCC(C3CCC(=O)CC3)CC2)CC1. The highest BCUT2D eigenvalue weighted by Gasteiger charge is 2.41. The van der Waals surface area contributed by atoms with Gasteiger partial charge in [-0.1, -0.05) is 79.8 Å². The van der Waals surface area contributed by atoms with Crippen molar-refractivity contribution in [1.82, 2.24) is 0 Å². The molecule has 0 radical (unpaired) electrons. The number of carbonyl (C=O) groups excluding carboxylic acids is 1. The Morgan fingerprint density at radius 2 is 1.25 bits per heavy atom. The maximum absolute atomic E-state index is 11.6. The van der Waals surface area contributed by atoms with Crippen LogP contribution in [-0.4, -0.2) is 13.9 Å². The molecule has 154 valence electrons. The molecule has 2 heteroatoms. The van der Waals surface area contributed by atoms with Crippen LogP contribution in [0.1, 0.15) is 77.6 Å². The molecule has 0 N–H and O–H groups in total. The lowest BCUT2D eigenvalue weighted by Crippen LogP contribution is -2.50. The predicted molar refractivity (Wildman–Crippen MR) is 122 cm³/mol. The third kappa shape index (κ3) is 4.47. The number of rotatable bonds is 5. The summed E-state index contributed by atoms with van der Waals surface area (Å²) < 4.78 is 0. The fourth-order valence-electron chi connectivity index (χ4n) is 7.14. The smallest absolute Gasteiger partial charge is 0.132 e. The lowest BCUT2D eigenvalue weighted by atomic mass is 9.68. The first-order valence-electron chi connectivity index (χ1n) is 12.3. The monoisotopic (exact) mass is 396 g/mol. The fourth-order valence-corrected chi connectivity index (χ4v) is 12.5. The van der Waals surface area contributed by atoms with Crippen molar-refractivity contribution in [3.63, 3.8) is 0 Å². The maximum Gasteiger partial charge on any atom is 0.132 e. The van der Waals surface area contributed by atoms with Gasteiger partial charge in [-0.3, -0.25) is 4.79 Å². The topological polar surface area (TPSA) is 17.1 Å². The van der Waals surface area contributed by atoms with E-state index in [1.54, 1.807) is 17.3 Å². The van der Waals surface area contributed by atoms with Crippen LogP contribution in [0.15, 0.2) is 30.3 Å². The van der Waals surface area contributed by atoms with Crippen LogP contribution >= 0.6 is 0 Å². The van der Waals surface area contributed by atoms with Crippen molar-refractivity contribution in [2.24, 2.45) is 23.7 Å². The molecular weight excluding hydrogens is 356 g/mol. The van der Waals surface area contributed by atoms with Crippen LogP contribution in [-0.2, 0) is 4.79 Å². The molecule has 1 nitrogen and oxygen atoms in total. The van der Waals surface area contributed by atoms with Crippen LogP contribution in [0.3, 0.4) is 0 Å². The normalized spacial score (nSPS) is 35.0. The Morgan fingerprint density at radius 3 is 1.79 bits per heavy atom. The molecule has 2 aliphatic carbocycles. The Hall–Kier alpha value is -0.893. The van der Waals surface area contributed by atoms with Gasteiger partial charge in [-0.2, -0.15) is 0 Å². The van der Waals surface area contributed by atoms with E-state index in [4.69, 9.17) is 0 Å². The van der Waals surface area contributed by atoms with Crippen molar-refractivity contribution in [2.75, 3.05) is 0 Å². The molecule has 1 aliphatic heterocycles. The van der Waals surface area contributed by atoms with E-state index >= 15 is 0 Å². The summed E-state index contributed by atoms with van der Waals surface area (Å²) in [5.74, 6) is 4.34. The summed E-state index contributed by atoms with van der Waals surface area (Å²) in [5, 5.41) is 1.74. The molecule has 0 bridgehead atoms. The third-order valence-corrected chi connectivity index (χ3v) is 14.3. The number of carbonyl (C=O) groups is 1. The zero-order valence-corrected chi connectivity index (χ0v) is 19.0. The molecule has 0 spiro atoms. The van der Waals surface area contributed by atoms with E-state index < -0.39 is 8.07 Å². The molecule has 1 saturated heterocycles. The molecule has 3 aliphatic rings. The van der Waals surface area contributed by atoms with Crippen molar-refractivity contribution in [1.29, 1.82) is 0 Å². The van der Waals surface area contributed by atoms with Gasteiger partial charge in [0.15, 0.2) is 0 Å². The lowest BCUT2D eigenvalue weighted by molar-refractivity contribution is -0.121. The van der Waals surface area contributed by atoms with Crippen molar-refractivity contribution < 1.29 is 4.79 Å². The second kappa shape index (κ2) is 9.28. The van der Waals surface area contributed by atoms with Gasteiger partial charge in [-0.15, -0.1) is 0 Å². The van der Waals surface area contributed by atoms with Crippen molar-refractivity contribution in [3.8, 4) is 0 Å². The maximum atomic E-state index is 11.6. The van der Waals surface area contributed by atoms with Gasteiger partial charge in [0.25, 0.3) is 0 Å². The van der Waals surface area contributed by atoms with Gasteiger partial charge in [-0.25, -0.2) is 0 Å². The van der Waals surface area contributed by atoms with Gasteiger partial charge < -0.3 is 0 Å². The number of hydrogen-bond donors (Lipinski definition) is 0. The summed E-state index contributed by atoms with van der Waals surface area (Å²) in [7, 11) is -1.24. The number of hydrogen-bond acceptors (Lipinski definition) is 1. The standard InChI is InChI=1S/C26H40OSi/c1-2-18-28(26-6-4-3-5-7-26)19-16-24(17-20-28)22-10-8-21(9-11-22)23-12-14-25(27)15-13-23/h3-7,21-24H,2,8-20H2,1H3. The Bertz CT molecular complexity index is 613. The predicted octanol–water partition coefficient (Wildman–Crippen LogP) is 6.73. The highest BCUT2D eigenvalue weighted by atomic mass is 28.3. The molecule has 4 rings (SSSR count). The second-order valence-corrected chi connectivity index (χ2v) is 14.9. The van der Waals surface area contributed by atoms with Gasteiger partial charge in [0.2, 0.25) is 0 Å². The van der Waals surface area contributed by atoms with E-state index in [1.165, 1.54) is 63.8 Å². The summed E-state index contributed by atoms with van der Waals surface area (Å²) in [6.07, 6.45) is 14.4. The van der Waals surface area contributed by atoms with E-state index in [1.807, 2.05) is 0 Å². The van der Waals surface area contributed by atoms with E-state index in [2.05, 4.69) is 37.3 Å². The summed E-state index contributed by atoms with van der Waals surface area (Å²) in [6, 6.07) is 16.2. The Balaban J connectivity index is 1.30. The van der Waals surface area contributed by atoms with Gasteiger partial charge >= 0.3 is 0 Å². The molecule has 0 unspecified atom stereocenters. The first-order valence-corrected chi connectivity index (χ1v) is 14.9. The molecule has 0 atom stereocenters. The first kappa shape index (κ1) is 20.4. The number of benzene rings is 1. The van der Waals surface area contributed by atoms with Gasteiger partial charge in [-0.05, 0) is 62.2 Å². The minimum atomic E-state index is -1.24. The molecule has 0 amide bonds. The highest BCUT2D eigenvalue weighted by Crippen LogP contribution is 2.46. The first-order chi connectivity index (χ1) is 13.7. The third-order valence-electron chi connectivity index (χ3n) is 8.84. The summed E-state index contributed by atoms with van der Waals surface area (Å²) in [4.78, 5) is 11.6. The molecule has 28 heavy (non-hydrogen) atoms. The van der Waals surface area contributed by atoms with Crippen LogP contribution in [0.5, 0.6) is 0 Å². The summed E-state index contributed by atoms with van der Waals surface area (Å²) >= 11 is 0. The fraction of sp³-hybridized carbons (Fsp3) is 0.731. The number of Topliss-reactive ketones (excluding diaryl/α,β-unsaturated/α-hetero) is 1. The van der Waals surface area contributed by atoms with Crippen molar-refractivity contribution in [3.05, 3.63) is 30.3 Å². The van der Waals surface area contributed by atoms with Crippen LogP contribution in [0.4, 0.5) is 0 Å². The summed E-state index contributed by atoms with van der Waals surface area (Å²) in [6.45, 7) is 2.39. The van der Waals surface area contributed by atoms with Crippen LogP contribution < -0.4 is 5.19 Å². The van der Waals surface area contributed by atoms with E-state index in [0.717, 1.165) is 36.5 Å². The molecule has 2 saturated carbocycles. The average Bonchev–Trinajstić information content (AvgIpc) is 2.76. The zero-order chi connectivity index (χ0) is 19.4. The van der Waals surface area contributed by atoms with Crippen LogP contribution in [0, 0.1) is 23.7 Å². The van der Waals surface area contributed by atoms with E-state index in [0.29, 0.717) is 5.78 Å². The van der Waals surface area contributed by atoms with E-state index in [-0.39, 0.29) is 0 Å². The minimum absolute atomic E-state index is 0.519. The van der Waals surface area contributed by atoms with Crippen LogP contribution in [0.2, 0.25) is 18.1 Å². The minimum Gasteiger partial charge on any atom is -0.300 e. The van der Waals surface area contributed by atoms with Crippen molar-refractivity contribution >= 4 is 19.0 Å². The molecular formula is C26H40OSi. The van der Waals surface area contributed by atoms with Gasteiger partial charge in [0.1, 0.15) is 5.78 Å². The highest BCUT2D eigenvalue weighted by molar-refractivity contribution is 6.92. The summed E-state index contributed by atoms with van der Waals surface area (Å²) in [5.41, 5.74) is 0. The van der Waals surface area contributed by atoms with Crippen molar-refractivity contribution in [2.45, 2.75) is 95.7 Å². The molecule has 1 aromatic carbocycles. The van der Waals surface area contributed by atoms with Gasteiger partial charge in [0.05, 0.1) is 8.07 Å². The zero-order valence-electron chi connectivity index (χ0n) is 18.0. The molecule has 1 aromatic rings. The Kier molecular flexibility index (Phi) is 6.76. The van der Waals surface area contributed by atoms with E-state index in [9.17, 15) is 4.79 Å². The number of ketones is 1. The molecule has 1 heterocycles. The Labute approximate surface area is 173 Å². The van der Waals surface area contributed by atoms with Crippen LogP contribution in [0.25, 0.3) is 0 Å². The molecule has 3 fully saturated rings. The quantitative estimate of drug-likeness (QED) is 0.504. The lowest BCUT2D eigenvalue weighted by Gasteiger charge is -2.44. The largest absolute Gasteiger partial charge is 0.300 e. The van der Waals surface area contributed by atoms with Gasteiger partial charge in [0, 0.05) is 12.8 Å². The average molecular weight is 397 g/mol. The molecule has 0 aromatic heterocycles.